The molecule has 24 heavy (non-hydrogen) atoms. The Kier molecular flexibility index (Phi) is 4.40. The number of ether oxygens (including phenoxy) is 1. The predicted molar refractivity (Wildman–Crippen MR) is 86.8 cm³/mol. The fourth-order valence-electron chi connectivity index (χ4n) is 2.35. The number of hydrogen-bond acceptors (Lipinski definition) is 4. The monoisotopic (exact) mass is 349 g/mol. The molecule has 0 saturated heterocycles. The zero-order valence-corrected chi connectivity index (χ0v) is 13.4. The van der Waals surface area contributed by atoms with E-state index in [-0.39, 0.29) is 28.3 Å². The number of aromatic nitrogens is 1. The van der Waals surface area contributed by atoms with Crippen LogP contribution in [0.3, 0.4) is 0 Å². The minimum Gasteiger partial charge on any atom is -0.479 e. The van der Waals surface area contributed by atoms with Crippen molar-refractivity contribution in [2.45, 2.75) is 19.4 Å². The molecule has 2 aromatic carbocycles. The van der Waals surface area contributed by atoms with Crippen LogP contribution in [0.15, 0.2) is 40.9 Å². The molecule has 0 aliphatic heterocycles. The van der Waals surface area contributed by atoms with Crippen LogP contribution in [0.4, 0.5) is 4.39 Å². The van der Waals surface area contributed by atoms with Crippen molar-refractivity contribution >= 4 is 28.5 Å². The molecule has 0 aliphatic carbocycles. The smallest absolute Gasteiger partial charge is 0.344 e. The zero-order chi connectivity index (χ0) is 17.3. The highest BCUT2D eigenvalue weighted by atomic mass is 35.5. The molecular weight excluding hydrogens is 337 g/mol. The molecule has 1 unspecified atom stereocenters. The predicted octanol–water partition coefficient (Wildman–Crippen LogP) is 4.53. The standard InChI is InChI=1S/C17H13ClFNO4/c1-2-12(17(21)22)23-13-8-7-10-15(20-24-16(10)14(13)18)9-5-3-4-6-11(9)19/h3-8,12H,2H2,1H3,(H,21,22). The van der Waals surface area contributed by atoms with Crippen LogP contribution >= 0.6 is 11.6 Å². The summed E-state index contributed by atoms with van der Waals surface area (Å²) in [5, 5.41) is 13.6. The summed E-state index contributed by atoms with van der Waals surface area (Å²) < 4.78 is 24.6. The number of carbonyl (C=O) groups is 1. The lowest BCUT2D eigenvalue weighted by molar-refractivity contribution is -0.145. The number of nitrogens with zero attached hydrogens (tertiary/aromatic N) is 1. The maximum absolute atomic E-state index is 14.0. The lowest BCUT2D eigenvalue weighted by Gasteiger charge is -2.14. The van der Waals surface area contributed by atoms with E-state index in [2.05, 4.69) is 5.16 Å². The lowest BCUT2D eigenvalue weighted by atomic mass is 10.1. The van der Waals surface area contributed by atoms with Gasteiger partial charge in [-0.1, -0.05) is 35.8 Å². The third-order valence-electron chi connectivity index (χ3n) is 3.59. The van der Waals surface area contributed by atoms with Gasteiger partial charge in [0.25, 0.3) is 0 Å². The van der Waals surface area contributed by atoms with Crippen LogP contribution in [-0.4, -0.2) is 22.3 Å². The van der Waals surface area contributed by atoms with Crippen LogP contribution in [-0.2, 0) is 4.79 Å². The Hall–Kier alpha value is -2.60. The minimum absolute atomic E-state index is 0.0993. The molecular formula is C17H13ClFNO4. The van der Waals surface area contributed by atoms with Crippen molar-refractivity contribution in [2.75, 3.05) is 0 Å². The van der Waals surface area contributed by atoms with Crippen molar-refractivity contribution in [1.29, 1.82) is 0 Å². The number of carboxylic acids is 1. The van der Waals surface area contributed by atoms with Crippen LogP contribution in [0.5, 0.6) is 5.75 Å². The Balaban J connectivity index is 2.06. The number of fused-ring (bicyclic) bond motifs is 1. The first kappa shape index (κ1) is 16.3. The third-order valence-corrected chi connectivity index (χ3v) is 3.95. The van der Waals surface area contributed by atoms with E-state index in [0.717, 1.165) is 0 Å². The summed E-state index contributed by atoms with van der Waals surface area (Å²) in [6.07, 6.45) is -0.741. The van der Waals surface area contributed by atoms with Crippen molar-refractivity contribution in [2.24, 2.45) is 0 Å². The van der Waals surface area contributed by atoms with Crippen LogP contribution in [0, 0.1) is 5.82 Å². The van der Waals surface area contributed by atoms with E-state index in [4.69, 9.17) is 26.0 Å². The van der Waals surface area contributed by atoms with Crippen LogP contribution in [0.25, 0.3) is 22.2 Å². The number of benzene rings is 2. The van der Waals surface area contributed by atoms with Gasteiger partial charge in [-0.25, -0.2) is 9.18 Å². The molecule has 7 heteroatoms. The van der Waals surface area contributed by atoms with Gasteiger partial charge in [-0.3, -0.25) is 0 Å². The maximum Gasteiger partial charge on any atom is 0.344 e. The van der Waals surface area contributed by atoms with E-state index in [0.29, 0.717) is 11.1 Å². The normalized spacial score (nSPS) is 12.3. The largest absolute Gasteiger partial charge is 0.479 e. The van der Waals surface area contributed by atoms with E-state index < -0.39 is 17.9 Å². The summed E-state index contributed by atoms with van der Waals surface area (Å²) in [5.74, 6) is -1.34. The quantitative estimate of drug-likeness (QED) is 0.732. The second-order valence-corrected chi connectivity index (χ2v) is 5.50. The number of halogens is 2. The minimum atomic E-state index is -1.08. The average molecular weight is 350 g/mol. The Labute approximate surface area is 141 Å². The molecule has 1 N–H and O–H groups in total. The first-order chi connectivity index (χ1) is 11.5. The van der Waals surface area contributed by atoms with Gasteiger partial charge in [-0.15, -0.1) is 0 Å². The number of carboxylic acid groups (broad SMARTS) is 1. The van der Waals surface area contributed by atoms with Crippen molar-refractivity contribution in [3.63, 3.8) is 0 Å². The van der Waals surface area contributed by atoms with Gasteiger partial charge in [0, 0.05) is 5.56 Å². The molecule has 3 rings (SSSR count). The summed E-state index contributed by atoms with van der Waals surface area (Å²) in [7, 11) is 0. The summed E-state index contributed by atoms with van der Waals surface area (Å²) in [5.41, 5.74) is 0.826. The SMILES string of the molecule is CCC(Oc1ccc2c(-c3ccccc3F)noc2c1Cl)C(=O)O. The van der Waals surface area contributed by atoms with E-state index >= 15 is 0 Å². The average Bonchev–Trinajstić information content (AvgIpc) is 2.99. The van der Waals surface area contributed by atoms with Gasteiger partial charge in [0.15, 0.2) is 11.7 Å². The summed E-state index contributed by atoms with van der Waals surface area (Å²) in [4.78, 5) is 11.1. The van der Waals surface area contributed by atoms with Crippen molar-refractivity contribution in [3.8, 4) is 17.0 Å². The maximum atomic E-state index is 14.0. The van der Waals surface area contributed by atoms with Gasteiger partial charge in [0.1, 0.15) is 22.3 Å². The van der Waals surface area contributed by atoms with Crippen molar-refractivity contribution < 1.29 is 23.6 Å². The lowest BCUT2D eigenvalue weighted by Crippen LogP contribution is -2.26. The second-order valence-electron chi connectivity index (χ2n) is 5.12. The summed E-state index contributed by atoms with van der Waals surface area (Å²) >= 11 is 6.24. The molecule has 0 amide bonds. The van der Waals surface area contributed by atoms with Gasteiger partial charge in [0.05, 0.1) is 5.39 Å². The van der Waals surface area contributed by atoms with Crippen LogP contribution in [0.1, 0.15) is 13.3 Å². The zero-order valence-electron chi connectivity index (χ0n) is 12.6. The Morgan fingerprint density at radius 1 is 1.38 bits per heavy atom. The van der Waals surface area contributed by atoms with Gasteiger partial charge >= 0.3 is 5.97 Å². The molecule has 5 nitrogen and oxygen atoms in total. The first-order valence-corrected chi connectivity index (χ1v) is 7.63. The van der Waals surface area contributed by atoms with Crippen molar-refractivity contribution in [3.05, 3.63) is 47.2 Å². The molecule has 0 saturated carbocycles. The highest BCUT2D eigenvalue weighted by Gasteiger charge is 2.22. The highest BCUT2D eigenvalue weighted by molar-refractivity contribution is 6.36. The Morgan fingerprint density at radius 3 is 2.79 bits per heavy atom. The first-order valence-electron chi connectivity index (χ1n) is 7.25. The van der Waals surface area contributed by atoms with E-state index in [1.807, 2.05) is 0 Å². The van der Waals surface area contributed by atoms with Gasteiger partial charge in [0.2, 0.25) is 0 Å². The molecule has 0 bridgehead atoms. The third kappa shape index (κ3) is 2.80. The molecule has 1 atom stereocenters. The van der Waals surface area contributed by atoms with Crippen LogP contribution < -0.4 is 4.74 Å². The van der Waals surface area contributed by atoms with E-state index in [1.165, 1.54) is 12.1 Å². The Bertz CT molecular complexity index is 909. The molecule has 0 spiro atoms. The fourth-order valence-corrected chi connectivity index (χ4v) is 2.60. The van der Waals surface area contributed by atoms with Gasteiger partial charge in [-0.05, 0) is 30.7 Å². The second kappa shape index (κ2) is 6.49. The van der Waals surface area contributed by atoms with E-state index in [9.17, 15) is 9.18 Å². The van der Waals surface area contributed by atoms with Crippen LogP contribution in [0.2, 0.25) is 5.02 Å². The summed E-state index contributed by atoms with van der Waals surface area (Å²) in [6, 6.07) is 9.32. The molecule has 1 heterocycles. The van der Waals surface area contributed by atoms with Gasteiger partial charge in [-0.2, -0.15) is 0 Å². The van der Waals surface area contributed by atoms with Crippen molar-refractivity contribution in [1.82, 2.24) is 5.16 Å². The topological polar surface area (TPSA) is 72.6 Å². The van der Waals surface area contributed by atoms with Gasteiger partial charge < -0.3 is 14.4 Å². The number of aliphatic carboxylic acids is 1. The fraction of sp³-hybridized carbons (Fsp3) is 0.176. The molecule has 3 aromatic rings. The number of rotatable bonds is 5. The number of hydrogen-bond donors (Lipinski definition) is 1. The molecule has 0 fully saturated rings. The highest BCUT2D eigenvalue weighted by Crippen LogP contribution is 2.38. The molecule has 0 radical (unpaired) electrons. The molecule has 0 aliphatic rings. The Morgan fingerprint density at radius 2 is 2.12 bits per heavy atom. The molecule has 124 valence electrons. The van der Waals surface area contributed by atoms with E-state index in [1.54, 1.807) is 31.2 Å². The molecule has 1 aromatic heterocycles. The summed E-state index contributed by atoms with van der Waals surface area (Å²) in [6.45, 7) is 1.69.